The normalized spacial score (nSPS) is 14.6. The first-order valence-electron chi connectivity index (χ1n) is 8.53. The minimum absolute atomic E-state index is 0.140. The number of fused-ring (bicyclic) bond motifs is 2. The van der Waals surface area contributed by atoms with Gasteiger partial charge in [0.05, 0.1) is 16.9 Å². The van der Waals surface area contributed by atoms with Crippen LogP contribution in [0.5, 0.6) is 0 Å². The van der Waals surface area contributed by atoms with Crippen molar-refractivity contribution in [2.75, 3.05) is 5.32 Å². The van der Waals surface area contributed by atoms with E-state index in [2.05, 4.69) is 10.6 Å². The topological polar surface area (TPSA) is 78.4 Å². The summed E-state index contributed by atoms with van der Waals surface area (Å²) in [5.74, 6) is -1.28. The summed E-state index contributed by atoms with van der Waals surface area (Å²) in [5, 5.41) is 15.7. The first-order chi connectivity index (χ1) is 12.3. The zero-order chi connectivity index (χ0) is 18.9. The molecule has 0 fully saturated rings. The molecule has 0 spiro atoms. The van der Waals surface area contributed by atoms with Gasteiger partial charge in [0.15, 0.2) is 0 Å². The lowest BCUT2D eigenvalue weighted by Crippen LogP contribution is -2.53. The molecule has 0 saturated carbocycles. The van der Waals surface area contributed by atoms with E-state index < -0.39 is 11.5 Å². The van der Waals surface area contributed by atoms with E-state index in [1.54, 1.807) is 24.8 Å². The molecule has 1 heterocycles. The monoisotopic (exact) mass is 370 g/mol. The van der Waals surface area contributed by atoms with Crippen LogP contribution in [-0.4, -0.2) is 22.5 Å². The van der Waals surface area contributed by atoms with Crippen LogP contribution in [0.25, 0.3) is 0 Å². The maximum absolute atomic E-state index is 12.9. The Morgan fingerprint density at radius 3 is 2.54 bits per heavy atom. The van der Waals surface area contributed by atoms with Crippen molar-refractivity contribution in [1.82, 2.24) is 5.32 Å². The Morgan fingerprint density at radius 2 is 1.85 bits per heavy atom. The highest BCUT2D eigenvalue weighted by atomic mass is 32.2. The van der Waals surface area contributed by atoms with Crippen LogP contribution >= 0.6 is 11.8 Å². The Hall–Kier alpha value is -2.47. The quantitative estimate of drug-likeness (QED) is 0.616. The highest BCUT2D eigenvalue weighted by Crippen LogP contribution is 2.45. The minimum atomic E-state index is -1.31. The highest BCUT2D eigenvalue weighted by molar-refractivity contribution is 7.99. The van der Waals surface area contributed by atoms with E-state index in [0.29, 0.717) is 17.7 Å². The fourth-order valence-corrected chi connectivity index (χ4v) is 4.19. The fraction of sp³-hybridized carbons (Fsp3) is 0.300. The van der Waals surface area contributed by atoms with Gasteiger partial charge in [-0.3, -0.25) is 4.79 Å². The van der Waals surface area contributed by atoms with Crippen LogP contribution in [0.15, 0.2) is 52.3 Å². The van der Waals surface area contributed by atoms with E-state index in [4.69, 9.17) is 0 Å². The molecule has 0 unspecified atom stereocenters. The summed E-state index contributed by atoms with van der Waals surface area (Å²) in [7, 11) is 0. The Bertz CT molecular complexity index is 866. The standard InChI is InChI=1S/C20H22N2O3S/c1-12(2)11-20(3,19(24)25)22-18(23)13-7-6-10-16-17(13)21-14-8-4-5-9-15(14)26-16/h4-10,12,21H,11H2,1-3H3,(H,22,23)(H,24,25)/t20-/m0/s1. The van der Waals surface area contributed by atoms with Crippen molar-refractivity contribution in [3.05, 3.63) is 48.0 Å². The Labute approximate surface area is 157 Å². The maximum Gasteiger partial charge on any atom is 0.329 e. The molecule has 6 heteroatoms. The number of benzene rings is 2. The number of para-hydroxylation sites is 2. The van der Waals surface area contributed by atoms with Gasteiger partial charge in [0, 0.05) is 9.79 Å². The number of carboxylic acid groups (broad SMARTS) is 1. The highest BCUT2D eigenvalue weighted by Gasteiger charge is 2.36. The molecule has 136 valence electrons. The van der Waals surface area contributed by atoms with Crippen LogP contribution in [0.3, 0.4) is 0 Å². The molecular weight excluding hydrogens is 348 g/mol. The number of carbonyl (C=O) groups excluding carboxylic acids is 1. The lowest BCUT2D eigenvalue weighted by Gasteiger charge is -2.29. The van der Waals surface area contributed by atoms with Gasteiger partial charge in [0.2, 0.25) is 0 Å². The summed E-state index contributed by atoms with van der Waals surface area (Å²) in [6, 6.07) is 13.4. The van der Waals surface area contributed by atoms with Crippen molar-refractivity contribution >= 4 is 35.0 Å². The van der Waals surface area contributed by atoms with Crippen LogP contribution in [0.1, 0.15) is 37.6 Å². The molecule has 0 aromatic heterocycles. The molecule has 3 rings (SSSR count). The van der Waals surface area contributed by atoms with Gasteiger partial charge in [-0.25, -0.2) is 4.79 Å². The van der Waals surface area contributed by atoms with Gasteiger partial charge in [-0.2, -0.15) is 0 Å². The van der Waals surface area contributed by atoms with Gasteiger partial charge >= 0.3 is 5.97 Å². The average molecular weight is 370 g/mol. The predicted molar refractivity (Wildman–Crippen MR) is 103 cm³/mol. The summed E-state index contributed by atoms with van der Waals surface area (Å²) in [4.78, 5) is 26.7. The smallest absolute Gasteiger partial charge is 0.329 e. The largest absolute Gasteiger partial charge is 0.480 e. The van der Waals surface area contributed by atoms with E-state index in [9.17, 15) is 14.7 Å². The molecule has 2 aromatic carbocycles. The van der Waals surface area contributed by atoms with Crippen LogP contribution < -0.4 is 10.6 Å². The minimum Gasteiger partial charge on any atom is -0.480 e. The van der Waals surface area contributed by atoms with Gasteiger partial charge in [-0.05, 0) is 43.5 Å². The van der Waals surface area contributed by atoms with Gasteiger partial charge < -0.3 is 15.7 Å². The Kier molecular flexibility index (Phi) is 4.96. The lowest BCUT2D eigenvalue weighted by atomic mass is 9.90. The molecule has 26 heavy (non-hydrogen) atoms. The lowest BCUT2D eigenvalue weighted by molar-refractivity contribution is -0.144. The van der Waals surface area contributed by atoms with Crippen molar-refractivity contribution in [3.8, 4) is 0 Å². The SMILES string of the molecule is CC(C)C[C@](C)(NC(=O)c1cccc2c1Nc1ccccc1S2)C(=O)O. The summed E-state index contributed by atoms with van der Waals surface area (Å²) in [6.07, 6.45) is 0.355. The van der Waals surface area contributed by atoms with Crippen molar-refractivity contribution in [2.45, 2.75) is 42.5 Å². The second kappa shape index (κ2) is 7.03. The number of carbonyl (C=O) groups is 2. The molecule has 0 saturated heterocycles. The molecule has 1 aliphatic rings. The summed E-state index contributed by atoms with van der Waals surface area (Å²) < 4.78 is 0. The van der Waals surface area contributed by atoms with E-state index in [0.717, 1.165) is 15.5 Å². The maximum atomic E-state index is 12.9. The van der Waals surface area contributed by atoms with E-state index in [-0.39, 0.29) is 11.8 Å². The molecule has 3 N–H and O–H groups in total. The Balaban J connectivity index is 1.91. The van der Waals surface area contributed by atoms with Gasteiger partial charge in [-0.1, -0.05) is 43.8 Å². The molecule has 1 aliphatic heterocycles. The number of carboxylic acids is 1. The molecule has 1 atom stereocenters. The van der Waals surface area contributed by atoms with Gasteiger partial charge in [0.25, 0.3) is 5.91 Å². The van der Waals surface area contributed by atoms with Crippen LogP contribution in [-0.2, 0) is 4.79 Å². The molecule has 0 bridgehead atoms. The molecule has 1 amide bonds. The predicted octanol–water partition coefficient (Wildman–Crippen LogP) is 4.51. The van der Waals surface area contributed by atoms with Crippen LogP contribution in [0.2, 0.25) is 0 Å². The van der Waals surface area contributed by atoms with Crippen LogP contribution in [0, 0.1) is 5.92 Å². The number of amides is 1. The molecule has 0 aliphatic carbocycles. The number of rotatable bonds is 5. The summed E-state index contributed by atoms with van der Waals surface area (Å²) in [5.41, 5.74) is 0.786. The van der Waals surface area contributed by atoms with Crippen molar-refractivity contribution < 1.29 is 14.7 Å². The number of hydrogen-bond acceptors (Lipinski definition) is 4. The fourth-order valence-electron chi connectivity index (χ4n) is 3.17. The third-order valence-corrected chi connectivity index (χ3v) is 5.45. The first kappa shape index (κ1) is 18.3. The Morgan fingerprint density at radius 1 is 1.15 bits per heavy atom. The van der Waals surface area contributed by atoms with Crippen molar-refractivity contribution in [1.29, 1.82) is 0 Å². The third-order valence-electron chi connectivity index (χ3n) is 4.32. The number of hydrogen-bond donors (Lipinski definition) is 3. The summed E-state index contributed by atoms with van der Waals surface area (Å²) in [6.45, 7) is 5.43. The number of nitrogens with one attached hydrogen (secondary N) is 2. The number of aliphatic carboxylic acids is 1. The molecule has 0 radical (unpaired) electrons. The van der Waals surface area contributed by atoms with E-state index >= 15 is 0 Å². The second-order valence-electron chi connectivity index (χ2n) is 7.09. The van der Waals surface area contributed by atoms with Crippen molar-refractivity contribution in [2.24, 2.45) is 5.92 Å². The zero-order valence-corrected chi connectivity index (χ0v) is 15.8. The van der Waals surface area contributed by atoms with E-state index in [1.807, 2.05) is 50.2 Å². The molecule has 5 nitrogen and oxygen atoms in total. The van der Waals surface area contributed by atoms with Crippen LogP contribution in [0.4, 0.5) is 11.4 Å². The van der Waals surface area contributed by atoms with Gasteiger partial charge in [0.1, 0.15) is 5.54 Å². The average Bonchev–Trinajstić information content (AvgIpc) is 2.58. The van der Waals surface area contributed by atoms with Crippen molar-refractivity contribution in [3.63, 3.8) is 0 Å². The van der Waals surface area contributed by atoms with E-state index in [1.165, 1.54) is 0 Å². The zero-order valence-electron chi connectivity index (χ0n) is 15.0. The molecule has 2 aromatic rings. The second-order valence-corrected chi connectivity index (χ2v) is 8.18. The van der Waals surface area contributed by atoms with Gasteiger partial charge in [-0.15, -0.1) is 0 Å². The molecular formula is C20H22N2O3S. The first-order valence-corrected chi connectivity index (χ1v) is 9.34. The summed E-state index contributed by atoms with van der Waals surface area (Å²) >= 11 is 1.59. The third kappa shape index (κ3) is 3.55. The number of anilines is 2.